The Morgan fingerprint density at radius 3 is 2.67 bits per heavy atom. The van der Waals surface area contributed by atoms with Gasteiger partial charge in [-0.05, 0) is 59.5 Å². The van der Waals surface area contributed by atoms with Crippen molar-refractivity contribution in [1.29, 1.82) is 0 Å². The third-order valence-electron chi connectivity index (χ3n) is 7.96. The van der Waals surface area contributed by atoms with E-state index in [9.17, 15) is 9.59 Å². The standard InChI is InChI=1S/C32H33ClN6O4/c1-21-12-24(33)14-28(27(21)15-26-19-37(10-11-43-26)16-22-4-6-25(42-3)7-5-22)31-29-13-23(18-39(29)35-20-34-31)17-38-30(40)8-9-36(2)32(38)41/h4-9,12-14,18,20,26H,10-11,15-17,19H2,1-3H3. The van der Waals surface area contributed by atoms with Gasteiger partial charge >= 0.3 is 5.69 Å². The Balaban J connectivity index is 1.29. The van der Waals surface area contributed by atoms with Crippen LogP contribution in [0.1, 0.15) is 22.3 Å². The lowest BCUT2D eigenvalue weighted by Gasteiger charge is -2.33. The highest BCUT2D eigenvalue weighted by molar-refractivity contribution is 6.31. The predicted molar refractivity (Wildman–Crippen MR) is 165 cm³/mol. The van der Waals surface area contributed by atoms with Gasteiger partial charge in [0, 0.05) is 62.1 Å². The van der Waals surface area contributed by atoms with Crippen LogP contribution in [0.3, 0.4) is 0 Å². The second-order valence-corrected chi connectivity index (χ2v) is 11.4. The van der Waals surface area contributed by atoms with Crippen LogP contribution in [0.15, 0.2) is 76.8 Å². The molecule has 11 heteroatoms. The van der Waals surface area contributed by atoms with Gasteiger partial charge in [0.1, 0.15) is 12.1 Å². The van der Waals surface area contributed by atoms with Gasteiger partial charge in [0.05, 0.1) is 37.6 Å². The van der Waals surface area contributed by atoms with E-state index in [1.165, 1.54) is 33.3 Å². The molecule has 0 radical (unpaired) electrons. The number of rotatable bonds is 8. The Bertz CT molecular complexity index is 1900. The van der Waals surface area contributed by atoms with Crippen LogP contribution in [-0.2, 0) is 31.3 Å². The zero-order valence-electron chi connectivity index (χ0n) is 24.4. The van der Waals surface area contributed by atoms with Crippen LogP contribution < -0.4 is 16.0 Å². The highest BCUT2D eigenvalue weighted by atomic mass is 35.5. The first-order valence-corrected chi connectivity index (χ1v) is 14.5. The summed E-state index contributed by atoms with van der Waals surface area (Å²) in [5, 5.41) is 5.02. The van der Waals surface area contributed by atoms with E-state index < -0.39 is 0 Å². The third kappa shape index (κ3) is 6.13. The van der Waals surface area contributed by atoms with Gasteiger partial charge in [-0.25, -0.2) is 14.3 Å². The Labute approximate surface area is 253 Å². The first kappa shape index (κ1) is 28.9. The first-order valence-electron chi connectivity index (χ1n) is 14.1. The number of aryl methyl sites for hydroxylation is 2. The summed E-state index contributed by atoms with van der Waals surface area (Å²) >= 11 is 6.59. The fourth-order valence-corrected chi connectivity index (χ4v) is 6.01. The number of morpholine rings is 1. The maximum atomic E-state index is 12.6. The molecule has 3 aromatic heterocycles. The van der Waals surface area contributed by atoms with E-state index in [2.05, 4.69) is 34.0 Å². The zero-order valence-corrected chi connectivity index (χ0v) is 25.1. The van der Waals surface area contributed by atoms with Crippen molar-refractivity contribution in [3.63, 3.8) is 0 Å². The minimum atomic E-state index is -0.379. The molecule has 6 rings (SSSR count). The Morgan fingerprint density at radius 2 is 1.88 bits per heavy atom. The largest absolute Gasteiger partial charge is 0.497 e. The summed E-state index contributed by atoms with van der Waals surface area (Å²) in [6, 6.07) is 15.4. The smallest absolute Gasteiger partial charge is 0.331 e. The lowest BCUT2D eigenvalue weighted by atomic mass is 9.93. The number of nitrogens with zero attached hydrogens (tertiary/aromatic N) is 6. The van der Waals surface area contributed by atoms with Gasteiger partial charge < -0.3 is 14.0 Å². The summed E-state index contributed by atoms with van der Waals surface area (Å²) in [5.41, 5.74) is 5.81. The number of hydrogen-bond donors (Lipinski definition) is 0. The van der Waals surface area contributed by atoms with E-state index in [4.69, 9.17) is 21.1 Å². The fourth-order valence-electron chi connectivity index (χ4n) is 5.74. The third-order valence-corrected chi connectivity index (χ3v) is 8.17. The van der Waals surface area contributed by atoms with Gasteiger partial charge in [0.15, 0.2) is 0 Å². The van der Waals surface area contributed by atoms with Crippen molar-refractivity contribution < 1.29 is 9.47 Å². The minimum Gasteiger partial charge on any atom is -0.497 e. The lowest BCUT2D eigenvalue weighted by molar-refractivity contribution is -0.0305. The van der Waals surface area contributed by atoms with Crippen LogP contribution in [-0.4, -0.2) is 61.5 Å². The molecule has 0 aliphatic carbocycles. The highest BCUT2D eigenvalue weighted by Gasteiger charge is 2.24. The molecule has 1 aliphatic rings. The van der Waals surface area contributed by atoms with Gasteiger partial charge in [-0.2, -0.15) is 5.10 Å². The molecule has 4 heterocycles. The predicted octanol–water partition coefficient (Wildman–Crippen LogP) is 3.72. The Kier molecular flexibility index (Phi) is 8.16. The molecule has 0 spiro atoms. The average Bonchev–Trinajstić information content (AvgIpc) is 3.42. The van der Waals surface area contributed by atoms with E-state index in [-0.39, 0.29) is 23.9 Å². The van der Waals surface area contributed by atoms with Crippen LogP contribution in [0.5, 0.6) is 5.75 Å². The van der Waals surface area contributed by atoms with Crippen molar-refractivity contribution in [2.75, 3.05) is 26.8 Å². The molecule has 222 valence electrons. The molecule has 1 unspecified atom stereocenters. The summed E-state index contributed by atoms with van der Waals surface area (Å²) in [4.78, 5) is 32.2. The molecule has 5 aromatic rings. The van der Waals surface area contributed by atoms with Crippen molar-refractivity contribution in [2.24, 2.45) is 7.05 Å². The second kappa shape index (κ2) is 12.2. The van der Waals surface area contributed by atoms with Crippen molar-refractivity contribution in [3.8, 4) is 17.0 Å². The van der Waals surface area contributed by atoms with E-state index in [1.54, 1.807) is 18.7 Å². The van der Waals surface area contributed by atoms with Crippen molar-refractivity contribution >= 4 is 17.1 Å². The van der Waals surface area contributed by atoms with Gasteiger partial charge in [-0.1, -0.05) is 23.7 Å². The van der Waals surface area contributed by atoms with Crippen molar-refractivity contribution in [2.45, 2.75) is 32.5 Å². The van der Waals surface area contributed by atoms with Crippen LogP contribution in [0.25, 0.3) is 16.8 Å². The van der Waals surface area contributed by atoms with E-state index in [0.717, 1.165) is 58.8 Å². The average molecular weight is 601 g/mol. The Morgan fingerprint density at radius 1 is 1.07 bits per heavy atom. The molecule has 1 fully saturated rings. The molecule has 0 bridgehead atoms. The molecular formula is C32H33ClN6O4. The highest BCUT2D eigenvalue weighted by Crippen LogP contribution is 2.33. The van der Waals surface area contributed by atoms with Crippen LogP contribution in [0.4, 0.5) is 0 Å². The summed E-state index contributed by atoms with van der Waals surface area (Å²) in [6.45, 7) is 5.33. The summed E-state index contributed by atoms with van der Waals surface area (Å²) in [7, 11) is 3.29. The van der Waals surface area contributed by atoms with Gasteiger partial charge in [-0.15, -0.1) is 0 Å². The second-order valence-electron chi connectivity index (χ2n) is 10.9. The number of benzene rings is 2. The quantitative estimate of drug-likeness (QED) is 0.268. The van der Waals surface area contributed by atoms with Gasteiger partial charge in [0.25, 0.3) is 5.56 Å². The van der Waals surface area contributed by atoms with Crippen molar-refractivity contribution in [1.82, 2.24) is 28.6 Å². The molecule has 10 nitrogen and oxygen atoms in total. The maximum absolute atomic E-state index is 12.6. The van der Waals surface area contributed by atoms with Crippen LogP contribution in [0, 0.1) is 6.92 Å². The maximum Gasteiger partial charge on any atom is 0.331 e. The Hall–Kier alpha value is -4.25. The molecule has 0 N–H and O–H groups in total. The number of ether oxygens (including phenoxy) is 2. The fraction of sp³-hybridized carbons (Fsp3) is 0.312. The topological polar surface area (TPSA) is 95.9 Å². The molecule has 2 aromatic carbocycles. The molecule has 1 saturated heterocycles. The number of aromatic nitrogens is 5. The SMILES string of the molecule is COc1ccc(CN2CCOC(Cc3c(C)cc(Cl)cc3-c3ncnn4cc(Cn5c(=O)ccn(C)c5=O)cc34)C2)cc1. The van der Waals surface area contributed by atoms with Crippen LogP contribution >= 0.6 is 11.6 Å². The summed E-state index contributed by atoms with van der Waals surface area (Å²) in [5.74, 6) is 0.849. The first-order chi connectivity index (χ1) is 20.8. The summed E-state index contributed by atoms with van der Waals surface area (Å²) in [6.07, 6.45) is 5.48. The molecule has 43 heavy (non-hydrogen) atoms. The van der Waals surface area contributed by atoms with E-state index in [0.29, 0.717) is 18.1 Å². The van der Waals surface area contributed by atoms with Crippen LogP contribution in [0.2, 0.25) is 5.02 Å². The molecule has 1 atom stereocenters. The summed E-state index contributed by atoms with van der Waals surface area (Å²) < 4.78 is 15.9. The van der Waals surface area contributed by atoms with E-state index >= 15 is 0 Å². The molecule has 0 amide bonds. The number of hydrogen-bond acceptors (Lipinski definition) is 7. The minimum absolute atomic E-state index is 0.00741. The van der Waals surface area contributed by atoms with Gasteiger partial charge in [0.2, 0.25) is 0 Å². The van der Waals surface area contributed by atoms with E-state index in [1.807, 2.05) is 36.5 Å². The molecule has 1 aliphatic heterocycles. The molecular weight excluding hydrogens is 568 g/mol. The zero-order chi connectivity index (χ0) is 30.1. The number of methoxy groups -OCH3 is 1. The monoisotopic (exact) mass is 600 g/mol. The van der Waals surface area contributed by atoms with Gasteiger partial charge in [-0.3, -0.25) is 14.3 Å². The lowest BCUT2D eigenvalue weighted by Crippen LogP contribution is -2.43. The normalized spacial score (nSPS) is 15.7. The van der Waals surface area contributed by atoms with Crippen molar-refractivity contribution in [3.05, 3.63) is 115 Å². The molecule has 0 saturated carbocycles. The number of fused-ring (bicyclic) bond motifs is 1. The number of halogens is 1.